The quantitative estimate of drug-likeness (QED) is 0.435. The molecule has 142 valence electrons. The third-order valence-electron chi connectivity index (χ3n) is 4.64. The number of allylic oxidation sites excluding steroid dienone is 2. The molecule has 1 aliphatic carbocycles. The normalized spacial score (nSPS) is 17.5. The standard InChI is InChI=1S/C22H33N3O/c1-6-7-16-8-9-20(19(23)14-16)25-24-11-10-17-12-15(2)13-18(21(17)26)22(3,4)5/h8-9,12-14,20,23-26H,6-7,10-11H2,1-5H3. The maximum absolute atomic E-state index is 10.6. The van der Waals surface area contributed by atoms with Gasteiger partial charge < -0.3 is 10.5 Å². The van der Waals surface area contributed by atoms with Gasteiger partial charge in [-0.3, -0.25) is 5.43 Å². The van der Waals surface area contributed by atoms with E-state index in [1.165, 1.54) is 11.1 Å². The molecule has 1 atom stereocenters. The Bertz CT molecular complexity index is 711. The summed E-state index contributed by atoms with van der Waals surface area (Å²) in [5, 5.41) is 18.8. The molecule has 1 aromatic carbocycles. The molecule has 4 heteroatoms. The first-order chi connectivity index (χ1) is 12.2. The van der Waals surface area contributed by atoms with Crippen molar-refractivity contribution < 1.29 is 5.11 Å². The Labute approximate surface area is 157 Å². The molecule has 1 unspecified atom stereocenters. The number of hydrogen-bond acceptors (Lipinski definition) is 4. The van der Waals surface area contributed by atoms with Crippen LogP contribution in [0.3, 0.4) is 0 Å². The van der Waals surface area contributed by atoms with Gasteiger partial charge in [0.2, 0.25) is 0 Å². The first-order valence-electron chi connectivity index (χ1n) is 9.51. The number of aromatic hydroxyl groups is 1. The fourth-order valence-corrected chi connectivity index (χ4v) is 3.23. The molecule has 0 amide bonds. The van der Waals surface area contributed by atoms with Crippen LogP contribution < -0.4 is 10.9 Å². The summed E-state index contributed by atoms with van der Waals surface area (Å²) in [5.74, 6) is 0.405. The van der Waals surface area contributed by atoms with Crippen LogP contribution in [0.4, 0.5) is 0 Å². The fraction of sp³-hybridized carbons (Fsp3) is 0.500. The van der Waals surface area contributed by atoms with Crippen LogP contribution in [0.15, 0.2) is 35.9 Å². The van der Waals surface area contributed by atoms with Gasteiger partial charge in [0.05, 0.1) is 11.8 Å². The van der Waals surface area contributed by atoms with Crippen LogP contribution in [-0.2, 0) is 11.8 Å². The minimum atomic E-state index is -0.105. The van der Waals surface area contributed by atoms with E-state index in [1.807, 2.05) is 12.2 Å². The Kier molecular flexibility index (Phi) is 6.79. The lowest BCUT2D eigenvalue weighted by atomic mass is 9.84. The Balaban J connectivity index is 1.91. The highest BCUT2D eigenvalue weighted by Crippen LogP contribution is 2.34. The summed E-state index contributed by atoms with van der Waals surface area (Å²) in [6, 6.07) is 4.01. The Hall–Kier alpha value is -1.91. The second-order valence-electron chi connectivity index (χ2n) is 8.15. The molecule has 2 rings (SSSR count). The lowest BCUT2D eigenvalue weighted by Gasteiger charge is -2.23. The van der Waals surface area contributed by atoms with Crippen LogP contribution in [0.25, 0.3) is 0 Å². The van der Waals surface area contributed by atoms with Crippen LogP contribution in [0.5, 0.6) is 5.75 Å². The molecular weight excluding hydrogens is 322 g/mol. The van der Waals surface area contributed by atoms with Gasteiger partial charge in [-0.15, -0.1) is 0 Å². The molecule has 0 aliphatic heterocycles. The minimum absolute atomic E-state index is 0.0823. The largest absolute Gasteiger partial charge is 0.507 e. The van der Waals surface area contributed by atoms with Gasteiger partial charge in [-0.05, 0) is 48.0 Å². The van der Waals surface area contributed by atoms with Gasteiger partial charge in [0.15, 0.2) is 0 Å². The zero-order valence-corrected chi connectivity index (χ0v) is 16.7. The van der Waals surface area contributed by atoms with Crippen LogP contribution in [0.1, 0.15) is 57.2 Å². The number of phenolic OH excluding ortho intramolecular Hbond substituents is 1. The van der Waals surface area contributed by atoms with Crippen LogP contribution >= 0.6 is 0 Å². The van der Waals surface area contributed by atoms with Gasteiger partial charge in [-0.25, -0.2) is 5.43 Å². The number of nitrogens with one attached hydrogen (secondary N) is 3. The summed E-state index contributed by atoms with van der Waals surface area (Å²) in [5.41, 5.74) is 11.2. The zero-order valence-electron chi connectivity index (χ0n) is 16.7. The van der Waals surface area contributed by atoms with Crippen molar-refractivity contribution in [2.75, 3.05) is 6.54 Å². The second kappa shape index (κ2) is 8.65. The molecule has 1 aromatic rings. The van der Waals surface area contributed by atoms with E-state index in [0.717, 1.165) is 30.4 Å². The van der Waals surface area contributed by atoms with E-state index < -0.39 is 0 Å². The van der Waals surface area contributed by atoms with E-state index in [2.05, 4.69) is 63.7 Å². The number of aryl methyl sites for hydroxylation is 1. The van der Waals surface area contributed by atoms with E-state index in [9.17, 15) is 5.11 Å². The Morgan fingerprint density at radius 1 is 1.19 bits per heavy atom. The van der Waals surface area contributed by atoms with E-state index in [1.54, 1.807) is 0 Å². The highest BCUT2D eigenvalue weighted by atomic mass is 16.3. The molecule has 1 aliphatic rings. The number of benzene rings is 1. The summed E-state index contributed by atoms with van der Waals surface area (Å²) in [7, 11) is 0. The zero-order chi connectivity index (χ0) is 19.3. The van der Waals surface area contributed by atoms with Gasteiger partial charge in [0, 0.05) is 6.54 Å². The fourth-order valence-electron chi connectivity index (χ4n) is 3.23. The van der Waals surface area contributed by atoms with Crippen molar-refractivity contribution in [2.45, 2.75) is 65.3 Å². The molecule has 0 radical (unpaired) electrons. The molecule has 0 spiro atoms. The summed E-state index contributed by atoms with van der Waals surface area (Å²) < 4.78 is 0. The van der Waals surface area contributed by atoms with E-state index >= 15 is 0 Å². The lowest BCUT2D eigenvalue weighted by molar-refractivity contribution is 0.437. The molecule has 0 saturated heterocycles. The summed E-state index contributed by atoms with van der Waals surface area (Å²) in [4.78, 5) is 0. The van der Waals surface area contributed by atoms with Crippen molar-refractivity contribution >= 4 is 5.71 Å². The minimum Gasteiger partial charge on any atom is -0.507 e. The topological polar surface area (TPSA) is 68.1 Å². The number of phenols is 1. The molecule has 0 aromatic heterocycles. The average molecular weight is 356 g/mol. The van der Waals surface area contributed by atoms with Crippen molar-refractivity contribution in [2.24, 2.45) is 0 Å². The van der Waals surface area contributed by atoms with Crippen LogP contribution in [-0.4, -0.2) is 23.4 Å². The molecule has 4 nitrogen and oxygen atoms in total. The number of rotatable bonds is 7. The van der Waals surface area contributed by atoms with Crippen molar-refractivity contribution in [3.63, 3.8) is 0 Å². The summed E-state index contributed by atoms with van der Waals surface area (Å²) in [6.45, 7) is 11.3. The third-order valence-corrected chi connectivity index (χ3v) is 4.64. The van der Waals surface area contributed by atoms with Crippen molar-refractivity contribution in [3.8, 4) is 5.75 Å². The van der Waals surface area contributed by atoms with Gasteiger partial charge in [0.1, 0.15) is 5.75 Å². The van der Waals surface area contributed by atoms with Crippen LogP contribution in [0, 0.1) is 12.3 Å². The summed E-state index contributed by atoms with van der Waals surface area (Å²) >= 11 is 0. The smallest absolute Gasteiger partial charge is 0.122 e. The van der Waals surface area contributed by atoms with E-state index in [-0.39, 0.29) is 11.5 Å². The van der Waals surface area contributed by atoms with Crippen LogP contribution in [0.2, 0.25) is 0 Å². The predicted molar refractivity (Wildman–Crippen MR) is 110 cm³/mol. The highest BCUT2D eigenvalue weighted by Gasteiger charge is 2.20. The van der Waals surface area contributed by atoms with Crippen molar-refractivity contribution in [1.29, 1.82) is 5.41 Å². The molecule has 0 bridgehead atoms. The summed E-state index contributed by atoms with van der Waals surface area (Å²) in [6.07, 6.45) is 8.91. The van der Waals surface area contributed by atoms with E-state index in [0.29, 0.717) is 18.0 Å². The molecule has 26 heavy (non-hydrogen) atoms. The maximum Gasteiger partial charge on any atom is 0.122 e. The molecule has 0 heterocycles. The Morgan fingerprint density at radius 2 is 1.92 bits per heavy atom. The number of hydrazine groups is 1. The monoisotopic (exact) mass is 355 g/mol. The van der Waals surface area contributed by atoms with Crippen molar-refractivity contribution in [1.82, 2.24) is 10.9 Å². The maximum atomic E-state index is 10.6. The molecule has 0 saturated carbocycles. The number of hydrogen-bond donors (Lipinski definition) is 4. The molecule has 4 N–H and O–H groups in total. The highest BCUT2D eigenvalue weighted by molar-refractivity contribution is 6.00. The SMILES string of the molecule is CCCC1=CC(=N)C(NNCCc2cc(C)cc(C(C)(C)C)c2O)C=C1. The van der Waals surface area contributed by atoms with Gasteiger partial charge in [-0.1, -0.05) is 64.0 Å². The van der Waals surface area contributed by atoms with Gasteiger partial charge in [-0.2, -0.15) is 0 Å². The predicted octanol–water partition coefficient (Wildman–Crippen LogP) is 4.32. The van der Waals surface area contributed by atoms with Crippen molar-refractivity contribution in [3.05, 3.63) is 52.6 Å². The molecule has 0 fully saturated rings. The molecular formula is C22H33N3O. The van der Waals surface area contributed by atoms with Gasteiger partial charge >= 0.3 is 0 Å². The third kappa shape index (κ3) is 5.29. The first kappa shape index (κ1) is 20.4. The average Bonchev–Trinajstić information content (AvgIpc) is 2.55. The first-order valence-corrected chi connectivity index (χ1v) is 9.51. The Morgan fingerprint density at radius 3 is 2.54 bits per heavy atom. The second-order valence-corrected chi connectivity index (χ2v) is 8.15. The van der Waals surface area contributed by atoms with E-state index in [4.69, 9.17) is 5.41 Å². The van der Waals surface area contributed by atoms with Gasteiger partial charge in [0.25, 0.3) is 0 Å². The lowest BCUT2D eigenvalue weighted by Crippen LogP contribution is -2.45.